The van der Waals surface area contributed by atoms with E-state index in [1.807, 2.05) is 6.92 Å². The molecule has 1 aromatic rings. The SMILES string of the molecule is COC[C@@H](C)NC(=O)[C@@H]1CCc2nc[nH]c2C1. The van der Waals surface area contributed by atoms with Crippen LogP contribution in [0.15, 0.2) is 6.33 Å². The highest BCUT2D eigenvalue weighted by molar-refractivity contribution is 5.79. The second-order valence-corrected chi connectivity index (χ2v) is 4.63. The maximum Gasteiger partial charge on any atom is 0.223 e. The number of aromatic amines is 1. The second kappa shape index (κ2) is 5.31. The summed E-state index contributed by atoms with van der Waals surface area (Å²) in [7, 11) is 1.64. The van der Waals surface area contributed by atoms with Crippen LogP contribution in [0.2, 0.25) is 0 Å². The molecule has 1 aliphatic rings. The fraction of sp³-hybridized carbons (Fsp3) is 0.667. The van der Waals surface area contributed by atoms with Gasteiger partial charge in [-0.15, -0.1) is 0 Å². The molecule has 5 heteroatoms. The molecule has 0 unspecified atom stereocenters. The Kier molecular flexibility index (Phi) is 3.78. The molecule has 94 valence electrons. The van der Waals surface area contributed by atoms with Gasteiger partial charge >= 0.3 is 0 Å². The van der Waals surface area contributed by atoms with Gasteiger partial charge in [-0.1, -0.05) is 0 Å². The predicted octanol–water partition coefficient (Wildman–Crippen LogP) is 0.666. The first kappa shape index (κ1) is 12.1. The van der Waals surface area contributed by atoms with Crippen molar-refractivity contribution in [2.24, 2.45) is 5.92 Å². The van der Waals surface area contributed by atoms with Gasteiger partial charge in [0.15, 0.2) is 0 Å². The van der Waals surface area contributed by atoms with Gasteiger partial charge in [0.2, 0.25) is 5.91 Å². The Morgan fingerprint density at radius 3 is 3.35 bits per heavy atom. The van der Waals surface area contributed by atoms with Crippen molar-refractivity contribution in [1.82, 2.24) is 15.3 Å². The molecular weight excluding hydrogens is 218 g/mol. The van der Waals surface area contributed by atoms with E-state index in [0.29, 0.717) is 6.61 Å². The third-order valence-corrected chi connectivity index (χ3v) is 3.16. The van der Waals surface area contributed by atoms with Gasteiger partial charge in [0.05, 0.1) is 18.6 Å². The highest BCUT2D eigenvalue weighted by Crippen LogP contribution is 2.22. The number of carbonyl (C=O) groups is 1. The number of hydrogen-bond donors (Lipinski definition) is 2. The van der Waals surface area contributed by atoms with Crippen LogP contribution in [0.5, 0.6) is 0 Å². The Balaban J connectivity index is 1.90. The molecule has 0 fully saturated rings. The van der Waals surface area contributed by atoms with Gasteiger partial charge in [-0.2, -0.15) is 0 Å². The third-order valence-electron chi connectivity index (χ3n) is 3.16. The molecule has 0 bridgehead atoms. The number of aromatic nitrogens is 2. The van der Waals surface area contributed by atoms with Crippen LogP contribution in [-0.2, 0) is 22.4 Å². The van der Waals surface area contributed by atoms with Crippen molar-refractivity contribution >= 4 is 5.91 Å². The van der Waals surface area contributed by atoms with Crippen LogP contribution < -0.4 is 5.32 Å². The molecular formula is C12H19N3O2. The van der Waals surface area contributed by atoms with Crippen LogP contribution in [0.3, 0.4) is 0 Å². The lowest BCUT2D eigenvalue weighted by molar-refractivity contribution is -0.126. The minimum atomic E-state index is 0.0576. The molecule has 0 radical (unpaired) electrons. The van der Waals surface area contributed by atoms with Crippen molar-refractivity contribution in [2.45, 2.75) is 32.2 Å². The van der Waals surface area contributed by atoms with E-state index >= 15 is 0 Å². The fourth-order valence-electron chi connectivity index (χ4n) is 2.28. The van der Waals surface area contributed by atoms with E-state index in [4.69, 9.17) is 4.74 Å². The number of ether oxygens (including phenoxy) is 1. The quantitative estimate of drug-likeness (QED) is 0.808. The summed E-state index contributed by atoms with van der Waals surface area (Å²) in [6, 6.07) is 0.0654. The Labute approximate surface area is 101 Å². The number of nitrogens with one attached hydrogen (secondary N) is 2. The lowest BCUT2D eigenvalue weighted by Gasteiger charge is -2.22. The molecule has 5 nitrogen and oxygen atoms in total. The van der Waals surface area contributed by atoms with Crippen LogP contribution in [0.4, 0.5) is 0 Å². The summed E-state index contributed by atoms with van der Waals surface area (Å²) in [6.45, 7) is 2.50. The van der Waals surface area contributed by atoms with Gasteiger partial charge in [0.1, 0.15) is 0 Å². The molecule has 1 aromatic heterocycles. The molecule has 0 saturated carbocycles. The lowest BCUT2D eigenvalue weighted by atomic mass is 9.89. The Bertz CT molecular complexity index is 389. The van der Waals surface area contributed by atoms with Crippen molar-refractivity contribution in [3.05, 3.63) is 17.7 Å². The molecule has 1 aliphatic carbocycles. The summed E-state index contributed by atoms with van der Waals surface area (Å²) in [5.74, 6) is 0.178. The second-order valence-electron chi connectivity index (χ2n) is 4.63. The van der Waals surface area contributed by atoms with E-state index < -0.39 is 0 Å². The maximum absolute atomic E-state index is 12.0. The fourth-order valence-corrected chi connectivity index (χ4v) is 2.28. The van der Waals surface area contributed by atoms with Crippen molar-refractivity contribution in [2.75, 3.05) is 13.7 Å². The summed E-state index contributed by atoms with van der Waals surface area (Å²) < 4.78 is 5.00. The first-order valence-corrected chi connectivity index (χ1v) is 6.01. The summed E-state index contributed by atoms with van der Waals surface area (Å²) in [5, 5.41) is 2.98. The normalized spacial score (nSPS) is 20.7. The standard InChI is InChI=1S/C12H19N3O2/c1-8(6-17-2)15-12(16)9-3-4-10-11(5-9)14-7-13-10/h7-9H,3-6H2,1-2H3,(H,13,14)(H,15,16)/t8-,9-/m1/s1. The summed E-state index contributed by atoms with van der Waals surface area (Å²) in [5.41, 5.74) is 2.22. The van der Waals surface area contributed by atoms with Crippen molar-refractivity contribution in [3.63, 3.8) is 0 Å². The zero-order chi connectivity index (χ0) is 12.3. The average Bonchev–Trinajstić information content (AvgIpc) is 2.75. The van der Waals surface area contributed by atoms with Crippen LogP contribution in [0.1, 0.15) is 24.7 Å². The first-order chi connectivity index (χ1) is 8.20. The number of H-pyrrole nitrogens is 1. The maximum atomic E-state index is 12.0. The number of carbonyl (C=O) groups excluding carboxylic acids is 1. The molecule has 1 heterocycles. The van der Waals surface area contributed by atoms with Gasteiger partial charge in [-0.3, -0.25) is 4.79 Å². The highest BCUT2D eigenvalue weighted by atomic mass is 16.5. The molecule has 2 rings (SSSR count). The van der Waals surface area contributed by atoms with E-state index in [1.165, 1.54) is 0 Å². The molecule has 1 amide bonds. The molecule has 0 saturated heterocycles. The van der Waals surface area contributed by atoms with Crippen molar-refractivity contribution in [3.8, 4) is 0 Å². The molecule has 2 atom stereocenters. The number of nitrogens with zero attached hydrogens (tertiary/aromatic N) is 1. The number of rotatable bonds is 4. The Morgan fingerprint density at radius 1 is 1.76 bits per heavy atom. The molecule has 2 N–H and O–H groups in total. The summed E-state index contributed by atoms with van der Waals surface area (Å²) in [6.07, 6.45) is 4.23. The lowest BCUT2D eigenvalue weighted by Crippen LogP contribution is -2.41. The van der Waals surface area contributed by atoms with E-state index in [1.54, 1.807) is 13.4 Å². The van der Waals surface area contributed by atoms with Crippen molar-refractivity contribution < 1.29 is 9.53 Å². The van der Waals surface area contributed by atoms with Crippen molar-refractivity contribution in [1.29, 1.82) is 0 Å². The largest absolute Gasteiger partial charge is 0.383 e. The number of aryl methyl sites for hydroxylation is 1. The Hall–Kier alpha value is -1.36. The smallest absolute Gasteiger partial charge is 0.223 e. The zero-order valence-corrected chi connectivity index (χ0v) is 10.3. The van der Waals surface area contributed by atoms with Gasteiger partial charge in [-0.05, 0) is 19.8 Å². The van der Waals surface area contributed by atoms with Gasteiger partial charge in [0, 0.05) is 31.2 Å². The molecule has 17 heavy (non-hydrogen) atoms. The van der Waals surface area contributed by atoms with Crippen LogP contribution in [0.25, 0.3) is 0 Å². The third kappa shape index (κ3) is 2.85. The van der Waals surface area contributed by atoms with E-state index in [2.05, 4.69) is 15.3 Å². The van der Waals surface area contributed by atoms with E-state index in [-0.39, 0.29) is 17.9 Å². The minimum Gasteiger partial charge on any atom is -0.383 e. The summed E-state index contributed by atoms with van der Waals surface area (Å²) >= 11 is 0. The number of hydrogen-bond acceptors (Lipinski definition) is 3. The molecule has 0 aromatic carbocycles. The zero-order valence-electron chi connectivity index (χ0n) is 10.3. The first-order valence-electron chi connectivity index (χ1n) is 6.01. The topological polar surface area (TPSA) is 67.0 Å². The molecule has 0 spiro atoms. The van der Waals surface area contributed by atoms with Crippen LogP contribution in [0, 0.1) is 5.92 Å². The molecule has 0 aliphatic heterocycles. The number of fused-ring (bicyclic) bond motifs is 1. The minimum absolute atomic E-state index is 0.0576. The number of imidazole rings is 1. The predicted molar refractivity (Wildman–Crippen MR) is 63.6 cm³/mol. The number of amides is 1. The highest BCUT2D eigenvalue weighted by Gasteiger charge is 2.26. The van der Waals surface area contributed by atoms with Gasteiger partial charge < -0.3 is 15.0 Å². The van der Waals surface area contributed by atoms with Crippen LogP contribution >= 0.6 is 0 Å². The van der Waals surface area contributed by atoms with Gasteiger partial charge in [-0.25, -0.2) is 4.98 Å². The summed E-state index contributed by atoms with van der Waals surface area (Å²) in [4.78, 5) is 19.4. The van der Waals surface area contributed by atoms with E-state index in [0.717, 1.165) is 30.7 Å². The van der Waals surface area contributed by atoms with E-state index in [9.17, 15) is 4.79 Å². The Morgan fingerprint density at radius 2 is 2.59 bits per heavy atom. The van der Waals surface area contributed by atoms with Gasteiger partial charge in [0.25, 0.3) is 0 Å². The average molecular weight is 237 g/mol. The van der Waals surface area contributed by atoms with Crippen LogP contribution in [-0.4, -0.2) is 35.6 Å². The number of methoxy groups -OCH3 is 1. The monoisotopic (exact) mass is 237 g/mol.